The van der Waals surface area contributed by atoms with Gasteiger partial charge in [-0.25, -0.2) is 4.79 Å². The van der Waals surface area contributed by atoms with Crippen molar-refractivity contribution in [2.24, 2.45) is 0 Å². The molecule has 2 rings (SSSR count). The highest BCUT2D eigenvalue weighted by Crippen LogP contribution is 2.34. The van der Waals surface area contributed by atoms with Crippen LogP contribution in [0.3, 0.4) is 0 Å². The molecular formula is C23H22F5NO7. The van der Waals surface area contributed by atoms with Crippen LogP contribution in [0.15, 0.2) is 36.4 Å². The first-order valence-corrected chi connectivity index (χ1v) is 10.0. The van der Waals surface area contributed by atoms with Crippen molar-refractivity contribution in [2.45, 2.75) is 12.8 Å². The van der Waals surface area contributed by atoms with Gasteiger partial charge in [0.15, 0.2) is 29.6 Å². The number of methoxy groups -OCH3 is 3. The van der Waals surface area contributed by atoms with Gasteiger partial charge < -0.3 is 29.0 Å². The molecule has 0 aliphatic heterocycles. The number of amides is 1. The molecule has 2 aromatic rings. The molecule has 1 amide bonds. The fraction of sp³-hybridized carbons (Fsp3) is 0.304. The van der Waals surface area contributed by atoms with Crippen LogP contribution in [0.4, 0.5) is 22.0 Å². The number of esters is 1. The maximum Gasteiger partial charge on any atom is 0.405 e. The molecular weight excluding hydrogens is 497 g/mol. The summed E-state index contributed by atoms with van der Waals surface area (Å²) in [5.41, 5.74) is 0.390. The minimum absolute atomic E-state index is 0.0596. The molecule has 1 N–H and O–H groups in total. The zero-order valence-electron chi connectivity index (χ0n) is 19.3. The van der Waals surface area contributed by atoms with E-state index < -0.39 is 37.8 Å². The van der Waals surface area contributed by atoms with Crippen molar-refractivity contribution in [3.8, 4) is 23.0 Å². The van der Waals surface area contributed by atoms with Crippen LogP contribution in [-0.2, 0) is 14.3 Å². The Morgan fingerprint density at radius 2 is 1.53 bits per heavy atom. The topological polar surface area (TPSA) is 92.3 Å². The maximum atomic E-state index is 12.9. The molecule has 0 unspecified atom stereocenters. The lowest BCUT2D eigenvalue weighted by atomic mass is 10.0. The zero-order valence-corrected chi connectivity index (χ0v) is 19.3. The number of hydrogen-bond donors (Lipinski definition) is 1. The van der Waals surface area contributed by atoms with Crippen LogP contribution in [0.1, 0.15) is 11.1 Å². The lowest BCUT2D eigenvalue weighted by Gasteiger charge is -2.14. The van der Waals surface area contributed by atoms with Gasteiger partial charge in [-0.3, -0.25) is 4.79 Å². The van der Waals surface area contributed by atoms with Gasteiger partial charge in [0.25, 0.3) is 5.91 Å². The van der Waals surface area contributed by atoms with Crippen molar-refractivity contribution in [3.05, 3.63) is 47.5 Å². The first kappa shape index (κ1) is 28.2. The second-order valence-corrected chi connectivity index (χ2v) is 6.88. The number of ether oxygens (including phenoxy) is 5. The van der Waals surface area contributed by atoms with Crippen molar-refractivity contribution in [1.82, 2.24) is 5.32 Å². The molecule has 0 atom stereocenters. The van der Waals surface area contributed by atoms with E-state index in [2.05, 4.69) is 4.74 Å². The number of rotatable bonds is 11. The van der Waals surface area contributed by atoms with Crippen molar-refractivity contribution in [1.29, 1.82) is 0 Å². The smallest absolute Gasteiger partial charge is 0.405 e. The fourth-order valence-corrected chi connectivity index (χ4v) is 2.86. The molecule has 0 radical (unpaired) electrons. The second-order valence-electron chi connectivity index (χ2n) is 6.88. The van der Waals surface area contributed by atoms with Crippen LogP contribution >= 0.6 is 0 Å². The average Bonchev–Trinajstić information content (AvgIpc) is 2.84. The third-order valence-corrected chi connectivity index (χ3v) is 4.45. The fourth-order valence-electron chi connectivity index (χ4n) is 2.86. The van der Waals surface area contributed by atoms with E-state index in [1.165, 1.54) is 63.8 Å². The normalized spacial score (nSPS) is 11.6. The Morgan fingerprint density at radius 3 is 2.11 bits per heavy atom. The zero-order chi connectivity index (χ0) is 26.9. The molecule has 0 spiro atoms. The molecule has 0 aliphatic carbocycles. The monoisotopic (exact) mass is 519 g/mol. The number of benzene rings is 2. The quantitative estimate of drug-likeness (QED) is 0.207. The molecule has 13 heteroatoms. The van der Waals surface area contributed by atoms with E-state index in [0.717, 1.165) is 0 Å². The SMILES string of the molecule is COc1ccc(C(=Cc2ccc(OC(F)F)c(OC)c2)C(=O)OCC(=O)NCC(F)(F)F)cc1OC. The van der Waals surface area contributed by atoms with Crippen molar-refractivity contribution < 1.29 is 55.2 Å². The van der Waals surface area contributed by atoms with Crippen LogP contribution in [0.25, 0.3) is 11.6 Å². The Bertz CT molecular complexity index is 1100. The van der Waals surface area contributed by atoms with Crippen LogP contribution < -0.4 is 24.3 Å². The largest absolute Gasteiger partial charge is 0.493 e. The van der Waals surface area contributed by atoms with E-state index in [1.54, 1.807) is 5.32 Å². The molecule has 0 bridgehead atoms. The molecule has 0 saturated carbocycles. The van der Waals surface area contributed by atoms with Crippen LogP contribution in [-0.4, -0.2) is 59.1 Å². The minimum Gasteiger partial charge on any atom is -0.493 e. The summed E-state index contributed by atoms with van der Waals surface area (Å²) in [4.78, 5) is 24.5. The molecule has 2 aromatic carbocycles. The van der Waals surface area contributed by atoms with Crippen LogP contribution in [0.5, 0.6) is 23.0 Å². The number of carbonyl (C=O) groups is 2. The van der Waals surface area contributed by atoms with Gasteiger partial charge in [0.1, 0.15) is 6.54 Å². The summed E-state index contributed by atoms with van der Waals surface area (Å²) >= 11 is 0. The van der Waals surface area contributed by atoms with Crippen molar-refractivity contribution in [3.63, 3.8) is 0 Å². The number of carbonyl (C=O) groups excluding carboxylic acids is 2. The molecule has 0 heterocycles. The van der Waals surface area contributed by atoms with Gasteiger partial charge in [0, 0.05) is 0 Å². The van der Waals surface area contributed by atoms with Gasteiger partial charge in [-0.15, -0.1) is 0 Å². The summed E-state index contributed by atoms with van der Waals surface area (Å²) < 4.78 is 86.8. The predicted molar refractivity (Wildman–Crippen MR) is 117 cm³/mol. The highest BCUT2D eigenvalue weighted by molar-refractivity contribution is 6.22. The van der Waals surface area contributed by atoms with E-state index in [4.69, 9.17) is 18.9 Å². The number of hydrogen-bond acceptors (Lipinski definition) is 7. The van der Waals surface area contributed by atoms with Crippen LogP contribution in [0, 0.1) is 0 Å². The van der Waals surface area contributed by atoms with Crippen LogP contribution in [0.2, 0.25) is 0 Å². The Kier molecular flexibility index (Phi) is 9.88. The lowest BCUT2D eigenvalue weighted by molar-refractivity contribution is -0.147. The Labute approximate surface area is 202 Å². The first-order valence-electron chi connectivity index (χ1n) is 10.0. The van der Waals surface area contributed by atoms with E-state index >= 15 is 0 Å². The molecule has 0 fully saturated rings. The Hall–Kier alpha value is -4.03. The van der Waals surface area contributed by atoms with Gasteiger partial charge in [-0.05, 0) is 41.5 Å². The average molecular weight is 519 g/mol. The summed E-state index contributed by atoms with van der Waals surface area (Å²) in [5, 5.41) is 1.59. The van der Waals surface area contributed by atoms with Crippen molar-refractivity contribution >= 4 is 23.5 Å². The van der Waals surface area contributed by atoms with E-state index in [0.29, 0.717) is 5.75 Å². The highest BCUT2D eigenvalue weighted by atomic mass is 19.4. The highest BCUT2D eigenvalue weighted by Gasteiger charge is 2.28. The summed E-state index contributed by atoms with van der Waals surface area (Å²) in [7, 11) is 3.99. The van der Waals surface area contributed by atoms with Gasteiger partial charge >= 0.3 is 18.8 Å². The van der Waals surface area contributed by atoms with E-state index in [9.17, 15) is 31.5 Å². The molecule has 0 aromatic heterocycles. The van der Waals surface area contributed by atoms with Gasteiger partial charge in [-0.2, -0.15) is 22.0 Å². The summed E-state index contributed by atoms with van der Waals surface area (Å²) in [6, 6.07) is 8.25. The molecule has 196 valence electrons. The summed E-state index contributed by atoms with van der Waals surface area (Å²) in [6.07, 6.45) is -3.34. The maximum absolute atomic E-state index is 12.9. The Balaban J connectivity index is 2.41. The van der Waals surface area contributed by atoms with Gasteiger partial charge in [0.2, 0.25) is 0 Å². The standard InChI is InChI=1S/C23H22F5NO7/c1-32-16-7-5-14(10-19(16)34-3)15(21(31)35-11-20(30)29-12-23(26,27)28)8-13-4-6-17(36-22(24)25)18(9-13)33-2/h4-10,22H,11-12H2,1-3H3,(H,29,30). The van der Waals surface area contributed by atoms with Crippen molar-refractivity contribution in [2.75, 3.05) is 34.5 Å². The molecule has 36 heavy (non-hydrogen) atoms. The first-order chi connectivity index (χ1) is 17.0. The second kappa shape index (κ2) is 12.6. The summed E-state index contributed by atoms with van der Waals surface area (Å²) in [5.74, 6) is -1.94. The molecule has 0 aliphatic rings. The summed E-state index contributed by atoms with van der Waals surface area (Å²) in [6.45, 7) is -5.67. The Morgan fingerprint density at radius 1 is 0.917 bits per heavy atom. The molecule has 0 saturated heterocycles. The molecule has 8 nitrogen and oxygen atoms in total. The van der Waals surface area contributed by atoms with E-state index in [1.807, 2.05) is 0 Å². The third-order valence-electron chi connectivity index (χ3n) is 4.45. The van der Waals surface area contributed by atoms with Gasteiger partial charge in [0.05, 0.1) is 26.9 Å². The predicted octanol–water partition coefficient (Wildman–Crippen LogP) is 4.08. The lowest BCUT2D eigenvalue weighted by Crippen LogP contribution is -2.36. The van der Waals surface area contributed by atoms with E-state index in [-0.39, 0.29) is 33.9 Å². The number of alkyl halides is 5. The number of halogens is 5. The number of nitrogens with one attached hydrogen (secondary N) is 1. The van der Waals surface area contributed by atoms with Gasteiger partial charge in [-0.1, -0.05) is 12.1 Å². The third kappa shape index (κ3) is 8.32. The minimum atomic E-state index is -4.64.